The molecule has 0 unspecified atom stereocenters. The normalized spacial score (nSPS) is 16.9. The molecule has 0 bridgehead atoms. The zero-order valence-corrected chi connectivity index (χ0v) is 13.2. The first-order valence-electron chi connectivity index (χ1n) is 7.77. The molecule has 118 valence electrons. The highest BCUT2D eigenvalue weighted by Gasteiger charge is 2.22. The van der Waals surface area contributed by atoms with Crippen LogP contribution in [-0.2, 0) is 0 Å². The number of anilines is 2. The molecule has 3 rings (SSSR count). The molecule has 5 heteroatoms. The summed E-state index contributed by atoms with van der Waals surface area (Å²) in [6.45, 7) is 2.97. The zero-order chi connectivity index (χ0) is 16.1. The van der Waals surface area contributed by atoms with Crippen molar-refractivity contribution in [1.82, 2.24) is 4.98 Å². The van der Waals surface area contributed by atoms with Gasteiger partial charge in [-0.15, -0.1) is 0 Å². The summed E-state index contributed by atoms with van der Waals surface area (Å²) in [5, 5.41) is 12.1. The largest absolute Gasteiger partial charge is 0.497 e. The lowest BCUT2D eigenvalue weighted by Crippen LogP contribution is -2.22. The molecule has 1 fully saturated rings. The van der Waals surface area contributed by atoms with Crippen LogP contribution in [-0.4, -0.2) is 31.7 Å². The Morgan fingerprint density at radius 3 is 3.04 bits per heavy atom. The summed E-state index contributed by atoms with van der Waals surface area (Å²) >= 11 is 0. The molecular weight excluding hydrogens is 288 g/mol. The third-order valence-corrected chi connectivity index (χ3v) is 4.17. The molecule has 0 saturated carbocycles. The molecule has 0 amide bonds. The van der Waals surface area contributed by atoms with E-state index in [2.05, 4.69) is 33.4 Å². The SMILES string of the molecule is COc1cccc(N2CC[C@@H](CNc3ccc(C#N)cn3)C2)c1. The summed E-state index contributed by atoms with van der Waals surface area (Å²) in [5.74, 6) is 2.30. The fraction of sp³-hybridized carbons (Fsp3) is 0.333. The molecule has 0 radical (unpaired) electrons. The van der Waals surface area contributed by atoms with Gasteiger partial charge in [0.15, 0.2) is 0 Å². The molecule has 1 atom stereocenters. The van der Waals surface area contributed by atoms with E-state index >= 15 is 0 Å². The minimum atomic E-state index is 0.582. The lowest BCUT2D eigenvalue weighted by atomic mass is 10.1. The van der Waals surface area contributed by atoms with Crippen molar-refractivity contribution in [2.45, 2.75) is 6.42 Å². The van der Waals surface area contributed by atoms with Gasteiger partial charge in [0.25, 0.3) is 0 Å². The molecule has 1 aliphatic heterocycles. The summed E-state index contributed by atoms with van der Waals surface area (Å²) in [5.41, 5.74) is 1.80. The van der Waals surface area contributed by atoms with Crippen LogP contribution < -0.4 is 15.0 Å². The highest BCUT2D eigenvalue weighted by atomic mass is 16.5. The average molecular weight is 308 g/mol. The number of pyridine rings is 1. The molecule has 1 N–H and O–H groups in total. The van der Waals surface area contributed by atoms with Crippen molar-refractivity contribution < 1.29 is 4.74 Å². The number of nitriles is 1. The Labute approximate surface area is 136 Å². The predicted octanol–water partition coefficient (Wildman–Crippen LogP) is 2.90. The van der Waals surface area contributed by atoms with E-state index in [9.17, 15) is 0 Å². The van der Waals surface area contributed by atoms with Crippen LogP contribution in [0, 0.1) is 17.2 Å². The Balaban J connectivity index is 1.54. The van der Waals surface area contributed by atoms with E-state index in [4.69, 9.17) is 10.00 Å². The highest BCUT2D eigenvalue weighted by molar-refractivity contribution is 5.51. The minimum absolute atomic E-state index is 0.582. The second kappa shape index (κ2) is 7.01. The van der Waals surface area contributed by atoms with E-state index in [1.54, 1.807) is 19.4 Å². The number of hydrogen-bond acceptors (Lipinski definition) is 5. The lowest BCUT2D eigenvalue weighted by Gasteiger charge is -2.19. The number of nitrogens with zero attached hydrogens (tertiary/aromatic N) is 3. The van der Waals surface area contributed by atoms with Crippen molar-refractivity contribution in [3.05, 3.63) is 48.2 Å². The van der Waals surface area contributed by atoms with Crippen molar-refractivity contribution >= 4 is 11.5 Å². The molecule has 0 spiro atoms. The van der Waals surface area contributed by atoms with Gasteiger partial charge in [0.05, 0.1) is 12.7 Å². The molecule has 23 heavy (non-hydrogen) atoms. The quantitative estimate of drug-likeness (QED) is 0.920. The maximum absolute atomic E-state index is 8.78. The van der Waals surface area contributed by atoms with E-state index in [-0.39, 0.29) is 0 Å². The van der Waals surface area contributed by atoms with Gasteiger partial charge in [-0.2, -0.15) is 5.26 Å². The Kier molecular flexibility index (Phi) is 4.62. The highest BCUT2D eigenvalue weighted by Crippen LogP contribution is 2.27. The predicted molar refractivity (Wildman–Crippen MR) is 90.8 cm³/mol. The van der Waals surface area contributed by atoms with Crippen molar-refractivity contribution in [2.24, 2.45) is 5.92 Å². The number of rotatable bonds is 5. The number of aromatic nitrogens is 1. The second-order valence-electron chi connectivity index (χ2n) is 5.73. The second-order valence-corrected chi connectivity index (χ2v) is 5.73. The van der Waals surface area contributed by atoms with Gasteiger partial charge < -0.3 is 15.0 Å². The molecule has 5 nitrogen and oxygen atoms in total. The average Bonchev–Trinajstić information content (AvgIpc) is 3.09. The van der Waals surface area contributed by atoms with Crippen LogP contribution in [0.15, 0.2) is 42.6 Å². The summed E-state index contributed by atoms with van der Waals surface area (Å²) in [7, 11) is 1.69. The maximum Gasteiger partial charge on any atom is 0.125 e. The van der Waals surface area contributed by atoms with Crippen LogP contribution in [0.25, 0.3) is 0 Å². The first-order chi connectivity index (χ1) is 11.3. The minimum Gasteiger partial charge on any atom is -0.497 e. The van der Waals surface area contributed by atoms with E-state index < -0.39 is 0 Å². The number of ether oxygens (including phenoxy) is 1. The lowest BCUT2D eigenvalue weighted by molar-refractivity contribution is 0.415. The summed E-state index contributed by atoms with van der Waals surface area (Å²) in [6.07, 6.45) is 2.75. The molecule has 1 saturated heterocycles. The van der Waals surface area contributed by atoms with Gasteiger partial charge in [0.2, 0.25) is 0 Å². The van der Waals surface area contributed by atoms with Crippen molar-refractivity contribution in [2.75, 3.05) is 37.0 Å². The zero-order valence-electron chi connectivity index (χ0n) is 13.2. The smallest absolute Gasteiger partial charge is 0.125 e. The Morgan fingerprint density at radius 1 is 1.39 bits per heavy atom. The summed E-state index contributed by atoms with van der Waals surface area (Å²) in [6, 6.07) is 13.9. The molecule has 2 heterocycles. The summed E-state index contributed by atoms with van der Waals surface area (Å²) < 4.78 is 5.30. The topological polar surface area (TPSA) is 61.2 Å². The van der Waals surface area contributed by atoms with Crippen molar-refractivity contribution in [1.29, 1.82) is 5.26 Å². The van der Waals surface area contributed by atoms with Crippen LogP contribution in [0.2, 0.25) is 0 Å². The van der Waals surface area contributed by atoms with Gasteiger partial charge >= 0.3 is 0 Å². The van der Waals surface area contributed by atoms with E-state index in [1.165, 1.54) is 5.69 Å². The number of hydrogen-bond donors (Lipinski definition) is 1. The number of methoxy groups -OCH3 is 1. The Bertz CT molecular complexity index is 693. The van der Waals surface area contributed by atoms with Crippen LogP contribution in [0.5, 0.6) is 5.75 Å². The van der Waals surface area contributed by atoms with Crippen LogP contribution >= 0.6 is 0 Å². The molecule has 0 aliphatic carbocycles. The Morgan fingerprint density at radius 2 is 2.30 bits per heavy atom. The standard InChI is InChI=1S/C18H20N4O/c1-23-17-4-2-3-16(9-17)22-8-7-15(13-22)12-21-18-6-5-14(10-19)11-20-18/h2-6,9,11,15H,7-8,12-13H2,1H3,(H,20,21)/t15-/m0/s1. The van der Waals surface area contributed by atoms with Crippen LogP contribution in [0.3, 0.4) is 0 Å². The first kappa shape index (κ1) is 15.2. The molecule has 1 aromatic carbocycles. The van der Waals surface area contributed by atoms with Gasteiger partial charge in [-0.25, -0.2) is 4.98 Å². The van der Waals surface area contributed by atoms with Gasteiger partial charge in [-0.3, -0.25) is 0 Å². The molecule has 1 aliphatic rings. The van der Waals surface area contributed by atoms with Crippen molar-refractivity contribution in [3.63, 3.8) is 0 Å². The van der Waals surface area contributed by atoms with Gasteiger partial charge in [-0.05, 0) is 36.6 Å². The molecule has 2 aromatic rings. The summed E-state index contributed by atoms with van der Waals surface area (Å²) in [4.78, 5) is 6.64. The molecular formula is C18H20N4O. The fourth-order valence-corrected chi connectivity index (χ4v) is 2.85. The Hall–Kier alpha value is -2.74. The fourth-order valence-electron chi connectivity index (χ4n) is 2.85. The first-order valence-corrected chi connectivity index (χ1v) is 7.77. The molecule has 1 aromatic heterocycles. The third kappa shape index (κ3) is 3.72. The number of nitrogens with one attached hydrogen (secondary N) is 1. The van der Waals surface area contributed by atoms with E-state index in [1.807, 2.05) is 18.2 Å². The number of benzene rings is 1. The monoisotopic (exact) mass is 308 g/mol. The third-order valence-electron chi connectivity index (χ3n) is 4.17. The van der Waals surface area contributed by atoms with Crippen LogP contribution in [0.1, 0.15) is 12.0 Å². The van der Waals surface area contributed by atoms with Gasteiger partial charge in [0.1, 0.15) is 17.6 Å². The van der Waals surface area contributed by atoms with E-state index in [0.717, 1.165) is 37.6 Å². The van der Waals surface area contributed by atoms with Gasteiger partial charge in [0, 0.05) is 37.6 Å². The van der Waals surface area contributed by atoms with Crippen molar-refractivity contribution in [3.8, 4) is 11.8 Å². The van der Waals surface area contributed by atoms with Gasteiger partial charge in [-0.1, -0.05) is 6.07 Å². The van der Waals surface area contributed by atoms with E-state index in [0.29, 0.717) is 11.5 Å². The van der Waals surface area contributed by atoms with Crippen LogP contribution in [0.4, 0.5) is 11.5 Å². The maximum atomic E-state index is 8.78.